The molecule has 1 heterocycles. The van der Waals surface area contributed by atoms with Gasteiger partial charge >= 0.3 is 6.03 Å². The molecule has 1 saturated carbocycles. The number of hydrogen-bond donors (Lipinski definition) is 3. The van der Waals surface area contributed by atoms with Crippen molar-refractivity contribution in [2.75, 3.05) is 6.54 Å². The molecule has 0 aromatic heterocycles. The van der Waals surface area contributed by atoms with Gasteiger partial charge in [-0.05, 0) is 50.4 Å². The van der Waals surface area contributed by atoms with Crippen LogP contribution in [0.2, 0.25) is 0 Å². The molecule has 1 aliphatic heterocycles. The topological polar surface area (TPSA) is 90.5 Å². The Bertz CT molecular complexity index is 639. The van der Waals surface area contributed by atoms with Crippen LogP contribution < -0.4 is 16.0 Å². The lowest BCUT2D eigenvalue weighted by molar-refractivity contribution is -0.140. The Hall–Kier alpha value is -1.79. The van der Waals surface area contributed by atoms with Crippen molar-refractivity contribution in [3.8, 4) is 0 Å². The lowest BCUT2D eigenvalue weighted by atomic mass is 9.81. The van der Waals surface area contributed by atoms with E-state index in [-0.39, 0.29) is 41.3 Å². The largest absolute Gasteiger partial charge is 0.352 e. The lowest BCUT2D eigenvalue weighted by Crippen LogP contribution is -2.58. The molecular formula is C24H44N4O3. The fraction of sp³-hybridized carbons (Fsp3) is 0.875. The van der Waals surface area contributed by atoms with E-state index in [1.54, 1.807) is 4.90 Å². The standard InChI is InChI=1S/C24H44N4O3/c1-15(2)20(27-23(31)26-17(4)24(5,6)7)22(30)28-13-9-12-19(28)21(29)25-16(3)14-18-10-8-11-18/h15-20H,8-14H2,1-7H3,(H,25,29)(H2,26,27,31). The molecule has 7 nitrogen and oxygen atoms in total. The number of nitrogens with one attached hydrogen (secondary N) is 3. The maximum Gasteiger partial charge on any atom is 0.315 e. The Morgan fingerprint density at radius 2 is 1.58 bits per heavy atom. The predicted octanol–water partition coefficient (Wildman–Crippen LogP) is 3.43. The summed E-state index contributed by atoms with van der Waals surface area (Å²) in [6, 6.07) is -1.37. The molecule has 2 fully saturated rings. The van der Waals surface area contributed by atoms with Crippen LogP contribution in [0, 0.1) is 17.3 Å². The fourth-order valence-corrected chi connectivity index (χ4v) is 4.22. The van der Waals surface area contributed by atoms with Crippen molar-refractivity contribution < 1.29 is 14.4 Å². The van der Waals surface area contributed by atoms with E-state index in [2.05, 4.69) is 43.6 Å². The maximum atomic E-state index is 13.3. The number of nitrogens with zero attached hydrogens (tertiary/aromatic N) is 1. The fourth-order valence-electron chi connectivity index (χ4n) is 4.22. The Kier molecular flexibility index (Phi) is 8.78. The summed E-state index contributed by atoms with van der Waals surface area (Å²) in [4.78, 5) is 40.5. The van der Waals surface area contributed by atoms with Crippen LogP contribution in [0.3, 0.4) is 0 Å². The van der Waals surface area contributed by atoms with Gasteiger partial charge in [0.2, 0.25) is 11.8 Å². The monoisotopic (exact) mass is 436 g/mol. The molecule has 0 bridgehead atoms. The molecule has 1 saturated heterocycles. The first-order valence-electron chi connectivity index (χ1n) is 12.1. The summed E-state index contributed by atoms with van der Waals surface area (Å²) in [6.07, 6.45) is 6.29. The highest BCUT2D eigenvalue weighted by molar-refractivity contribution is 5.92. The van der Waals surface area contributed by atoms with Crippen LogP contribution in [0.4, 0.5) is 4.79 Å². The van der Waals surface area contributed by atoms with Crippen molar-refractivity contribution >= 4 is 17.8 Å². The van der Waals surface area contributed by atoms with Crippen molar-refractivity contribution in [2.45, 2.75) is 111 Å². The van der Waals surface area contributed by atoms with E-state index < -0.39 is 12.1 Å². The smallest absolute Gasteiger partial charge is 0.315 e. The minimum atomic E-state index is -0.659. The van der Waals surface area contributed by atoms with Gasteiger partial charge in [-0.1, -0.05) is 53.9 Å². The molecule has 1 aliphatic carbocycles. The second-order valence-corrected chi connectivity index (χ2v) is 11.1. The molecule has 31 heavy (non-hydrogen) atoms. The number of rotatable bonds is 8. The highest BCUT2D eigenvalue weighted by Crippen LogP contribution is 2.30. The van der Waals surface area contributed by atoms with E-state index >= 15 is 0 Å². The van der Waals surface area contributed by atoms with Crippen molar-refractivity contribution in [1.82, 2.24) is 20.9 Å². The molecule has 4 amide bonds. The average Bonchev–Trinajstić information content (AvgIpc) is 3.11. The van der Waals surface area contributed by atoms with Gasteiger partial charge in [0, 0.05) is 18.6 Å². The summed E-state index contributed by atoms with van der Waals surface area (Å²) in [7, 11) is 0. The minimum Gasteiger partial charge on any atom is -0.352 e. The number of urea groups is 1. The predicted molar refractivity (Wildman–Crippen MR) is 124 cm³/mol. The van der Waals surface area contributed by atoms with Gasteiger partial charge in [-0.25, -0.2) is 4.79 Å². The molecule has 4 unspecified atom stereocenters. The van der Waals surface area contributed by atoms with Gasteiger partial charge in [-0.15, -0.1) is 0 Å². The van der Waals surface area contributed by atoms with Crippen LogP contribution in [0.5, 0.6) is 0 Å². The van der Waals surface area contributed by atoms with Gasteiger partial charge in [0.15, 0.2) is 0 Å². The van der Waals surface area contributed by atoms with Gasteiger partial charge in [0.1, 0.15) is 12.1 Å². The first-order valence-corrected chi connectivity index (χ1v) is 12.1. The van der Waals surface area contributed by atoms with E-state index in [9.17, 15) is 14.4 Å². The SMILES string of the molecule is CC(CC1CCC1)NC(=O)C1CCCN1C(=O)C(NC(=O)NC(C)C(C)(C)C)C(C)C. The van der Waals surface area contributed by atoms with Crippen molar-refractivity contribution in [1.29, 1.82) is 0 Å². The zero-order valence-corrected chi connectivity index (χ0v) is 20.6. The third-order valence-corrected chi connectivity index (χ3v) is 7.00. The molecule has 0 spiro atoms. The van der Waals surface area contributed by atoms with E-state index in [1.807, 2.05) is 20.8 Å². The van der Waals surface area contributed by atoms with Gasteiger partial charge in [-0.2, -0.15) is 0 Å². The molecule has 3 N–H and O–H groups in total. The summed E-state index contributed by atoms with van der Waals surface area (Å²) < 4.78 is 0. The number of hydrogen-bond acceptors (Lipinski definition) is 3. The Morgan fingerprint density at radius 3 is 2.10 bits per heavy atom. The minimum absolute atomic E-state index is 0.0436. The Morgan fingerprint density at radius 1 is 0.935 bits per heavy atom. The summed E-state index contributed by atoms with van der Waals surface area (Å²) in [5.74, 6) is 0.411. The van der Waals surface area contributed by atoms with Crippen molar-refractivity contribution in [3.63, 3.8) is 0 Å². The highest BCUT2D eigenvalue weighted by atomic mass is 16.2. The Labute approximate surface area is 188 Å². The molecule has 2 aliphatic rings. The second kappa shape index (κ2) is 10.7. The number of amides is 4. The molecule has 2 rings (SSSR count). The van der Waals surface area contributed by atoms with E-state index in [1.165, 1.54) is 19.3 Å². The number of carbonyl (C=O) groups is 3. The van der Waals surface area contributed by atoms with Crippen LogP contribution in [-0.4, -0.2) is 53.5 Å². The molecule has 178 valence electrons. The van der Waals surface area contributed by atoms with Crippen molar-refractivity contribution in [2.24, 2.45) is 17.3 Å². The molecule has 0 radical (unpaired) electrons. The highest BCUT2D eigenvalue weighted by Gasteiger charge is 2.39. The first kappa shape index (κ1) is 25.5. The molecule has 4 atom stereocenters. The lowest BCUT2D eigenvalue weighted by Gasteiger charge is -2.33. The van der Waals surface area contributed by atoms with Crippen molar-refractivity contribution in [3.05, 3.63) is 0 Å². The first-order chi connectivity index (χ1) is 14.4. The van der Waals surface area contributed by atoms with E-state index in [0.717, 1.165) is 18.8 Å². The van der Waals surface area contributed by atoms with E-state index in [4.69, 9.17) is 0 Å². The average molecular weight is 437 g/mol. The molecule has 0 aromatic rings. The van der Waals surface area contributed by atoms with Crippen LogP contribution in [0.15, 0.2) is 0 Å². The second-order valence-electron chi connectivity index (χ2n) is 11.1. The zero-order chi connectivity index (χ0) is 23.3. The summed E-state index contributed by atoms with van der Waals surface area (Å²) >= 11 is 0. The zero-order valence-electron chi connectivity index (χ0n) is 20.6. The van der Waals surface area contributed by atoms with Gasteiger partial charge in [0.05, 0.1) is 0 Å². The number of carbonyl (C=O) groups excluding carboxylic acids is 3. The summed E-state index contributed by atoms with van der Waals surface area (Å²) in [5, 5.41) is 8.93. The molecular weight excluding hydrogens is 392 g/mol. The van der Waals surface area contributed by atoms with Crippen LogP contribution in [-0.2, 0) is 9.59 Å². The third kappa shape index (κ3) is 7.11. The van der Waals surface area contributed by atoms with Gasteiger partial charge in [-0.3, -0.25) is 9.59 Å². The molecule has 0 aromatic carbocycles. The normalized spacial score (nSPS) is 22.5. The van der Waals surface area contributed by atoms with E-state index in [0.29, 0.717) is 13.0 Å². The Balaban J connectivity index is 1.97. The van der Waals surface area contributed by atoms with Crippen LogP contribution in [0.25, 0.3) is 0 Å². The third-order valence-electron chi connectivity index (χ3n) is 7.00. The quantitative estimate of drug-likeness (QED) is 0.544. The molecule has 7 heteroatoms. The summed E-state index contributed by atoms with van der Waals surface area (Å²) in [5.41, 5.74) is -0.0804. The van der Waals surface area contributed by atoms with Gasteiger partial charge < -0.3 is 20.9 Å². The summed E-state index contributed by atoms with van der Waals surface area (Å²) in [6.45, 7) is 14.6. The van der Waals surface area contributed by atoms with Crippen LogP contribution >= 0.6 is 0 Å². The van der Waals surface area contributed by atoms with Crippen LogP contribution in [0.1, 0.15) is 87.0 Å². The maximum absolute atomic E-state index is 13.3. The van der Waals surface area contributed by atoms with Gasteiger partial charge in [0.25, 0.3) is 0 Å². The number of likely N-dealkylation sites (tertiary alicyclic amines) is 1.